The summed E-state index contributed by atoms with van der Waals surface area (Å²) in [5.74, 6) is -0.554. The Bertz CT molecular complexity index is 494. The van der Waals surface area contributed by atoms with Crippen molar-refractivity contribution in [2.24, 2.45) is 5.92 Å². The average Bonchev–Trinajstić information content (AvgIpc) is 3.08. The molecule has 2 N–H and O–H groups in total. The summed E-state index contributed by atoms with van der Waals surface area (Å²) >= 11 is 0. The molecular formula is C13H20N4O3. The van der Waals surface area contributed by atoms with Gasteiger partial charge in [0.15, 0.2) is 0 Å². The molecule has 0 radical (unpaired) electrons. The topological polar surface area (TPSA) is 87.5 Å². The van der Waals surface area contributed by atoms with Crippen molar-refractivity contribution >= 4 is 17.7 Å². The quantitative estimate of drug-likeness (QED) is 0.829. The molecule has 0 unspecified atom stereocenters. The van der Waals surface area contributed by atoms with Crippen molar-refractivity contribution in [2.75, 3.05) is 11.9 Å². The highest BCUT2D eigenvalue weighted by molar-refractivity contribution is 5.89. The number of carboxylic acid groups (broad SMARTS) is 1. The number of amides is 2. The first-order valence-corrected chi connectivity index (χ1v) is 6.77. The molecule has 1 aliphatic carbocycles. The SMILES string of the molecule is CC(C)CN(C(=O)Nc1cnn(CC(=O)O)c1)C1CC1. The fraction of sp³-hybridized carbons (Fsp3) is 0.615. The lowest BCUT2D eigenvalue weighted by atomic mass is 10.2. The van der Waals surface area contributed by atoms with Crippen molar-refractivity contribution in [2.45, 2.75) is 39.3 Å². The zero-order valence-electron chi connectivity index (χ0n) is 11.7. The predicted molar refractivity (Wildman–Crippen MR) is 73.4 cm³/mol. The summed E-state index contributed by atoms with van der Waals surface area (Å²) < 4.78 is 1.28. The Balaban J connectivity index is 1.95. The van der Waals surface area contributed by atoms with Crippen molar-refractivity contribution in [3.63, 3.8) is 0 Å². The van der Waals surface area contributed by atoms with Crippen LogP contribution in [-0.4, -0.2) is 44.4 Å². The number of carboxylic acids is 1. The van der Waals surface area contributed by atoms with Gasteiger partial charge in [0.25, 0.3) is 0 Å². The minimum absolute atomic E-state index is 0.143. The lowest BCUT2D eigenvalue weighted by molar-refractivity contribution is -0.137. The fourth-order valence-corrected chi connectivity index (χ4v) is 2.03. The van der Waals surface area contributed by atoms with Crippen molar-refractivity contribution in [3.05, 3.63) is 12.4 Å². The van der Waals surface area contributed by atoms with Crippen LogP contribution in [0.5, 0.6) is 0 Å². The van der Waals surface area contributed by atoms with Crippen molar-refractivity contribution in [1.82, 2.24) is 14.7 Å². The van der Waals surface area contributed by atoms with Crippen molar-refractivity contribution < 1.29 is 14.7 Å². The Morgan fingerprint density at radius 3 is 2.80 bits per heavy atom. The summed E-state index contributed by atoms with van der Waals surface area (Å²) in [4.78, 5) is 24.6. The second-order valence-electron chi connectivity index (χ2n) is 5.53. The smallest absolute Gasteiger partial charge is 0.325 e. The van der Waals surface area contributed by atoms with Crippen LogP contribution in [-0.2, 0) is 11.3 Å². The second kappa shape index (κ2) is 5.94. The number of hydrogen-bond acceptors (Lipinski definition) is 3. The van der Waals surface area contributed by atoms with Gasteiger partial charge >= 0.3 is 12.0 Å². The molecule has 1 aromatic heterocycles. The van der Waals surface area contributed by atoms with Gasteiger partial charge in [-0.05, 0) is 18.8 Å². The number of rotatable bonds is 6. The molecule has 1 heterocycles. The number of aliphatic carboxylic acids is 1. The molecule has 0 spiro atoms. The molecule has 0 bridgehead atoms. The van der Waals surface area contributed by atoms with Gasteiger partial charge in [-0.25, -0.2) is 4.79 Å². The van der Waals surface area contributed by atoms with E-state index in [4.69, 9.17) is 5.11 Å². The van der Waals surface area contributed by atoms with Gasteiger partial charge in [-0.2, -0.15) is 5.10 Å². The van der Waals surface area contributed by atoms with Crippen LogP contribution in [0.15, 0.2) is 12.4 Å². The first kappa shape index (κ1) is 14.4. The van der Waals surface area contributed by atoms with Crippen molar-refractivity contribution in [1.29, 1.82) is 0 Å². The maximum atomic E-state index is 12.2. The molecule has 20 heavy (non-hydrogen) atoms. The highest BCUT2D eigenvalue weighted by Gasteiger charge is 2.32. The molecule has 0 atom stereocenters. The maximum absolute atomic E-state index is 12.2. The summed E-state index contributed by atoms with van der Waals surface area (Å²) in [6.45, 7) is 4.66. The van der Waals surface area contributed by atoms with E-state index >= 15 is 0 Å². The van der Waals surface area contributed by atoms with Crippen LogP contribution in [0.3, 0.4) is 0 Å². The van der Waals surface area contributed by atoms with Crippen LogP contribution < -0.4 is 5.32 Å². The Labute approximate surface area is 117 Å². The standard InChI is InChI=1S/C13H20N4O3/c1-9(2)6-17(11-3-4-11)13(20)15-10-5-14-16(7-10)8-12(18)19/h5,7,9,11H,3-4,6,8H2,1-2H3,(H,15,20)(H,18,19). The molecule has 110 valence electrons. The second-order valence-corrected chi connectivity index (χ2v) is 5.53. The third kappa shape index (κ3) is 3.97. The van der Waals surface area contributed by atoms with Gasteiger partial charge in [0, 0.05) is 18.8 Å². The summed E-state index contributed by atoms with van der Waals surface area (Å²) in [6, 6.07) is 0.197. The predicted octanol–water partition coefficient (Wildman–Crippen LogP) is 1.62. The molecule has 7 heteroatoms. The molecule has 0 aromatic carbocycles. The van der Waals surface area contributed by atoms with Crippen LogP contribution in [0.1, 0.15) is 26.7 Å². The Morgan fingerprint density at radius 2 is 2.25 bits per heavy atom. The third-order valence-electron chi connectivity index (χ3n) is 2.99. The molecule has 0 saturated heterocycles. The summed E-state index contributed by atoms with van der Waals surface area (Å²) in [6.07, 6.45) is 5.09. The number of nitrogens with one attached hydrogen (secondary N) is 1. The number of nitrogens with zero attached hydrogens (tertiary/aromatic N) is 3. The van der Waals surface area contributed by atoms with E-state index in [2.05, 4.69) is 24.3 Å². The van der Waals surface area contributed by atoms with Crippen LogP contribution in [0, 0.1) is 5.92 Å². The van der Waals surface area contributed by atoms with Gasteiger partial charge in [0.05, 0.1) is 11.9 Å². The molecule has 1 aromatic rings. The first-order chi connectivity index (χ1) is 9.45. The van der Waals surface area contributed by atoms with Gasteiger partial charge in [0.2, 0.25) is 0 Å². The van der Waals surface area contributed by atoms with Gasteiger partial charge < -0.3 is 15.3 Å². The van der Waals surface area contributed by atoms with Crippen LogP contribution in [0.2, 0.25) is 0 Å². The third-order valence-corrected chi connectivity index (χ3v) is 2.99. The molecular weight excluding hydrogens is 260 g/mol. The minimum Gasteiger partial charge on any atom is -0.480 e. The molecule has 2 amide bonds. The van der Waals surface area contributed by atoms with E-state index in [1.807, 2.05) is 4.90 Å². The Hall–Kier alpha value is -2.05. The van der Waals surface area contributed by atoms with E-state index in [9.17, 15) is 9.59 Å². The molecule has 2 rings (SSSR count). The fourth-order valence-electron chi connectivity index (χ4n) is 2.03. The average molecular weight is 280 g/mol. The number of urea groups is 1. The number of hydrogen-bond donors (Lipinski definition) is 2. The van der Waals surface area contributed by atoms with E-state index in [0.29, 0.717) is 17.6 Å². The minimum atomic E-state index is -0.967. The van der Waals surface area contributed by atoms with E-state index in [1.54, 1.807) is 0 Å². The zero-order valence-corrected chi connectivity index (χ0v) is 11.7. The lowest BCUT2D eigenvalue weighted by Crippen LogP contribution is -2.39. The monoisotopic (exact) mass is 280 g/mol. The lowest BCUT2D eigenvalue weighted by Gasteiger charge is -2.24. The van der Waals surface area contributed by atoms with Crippen LogP contribution in [0.25, 0.3) is 0 Å². The summed E-state index contributed by atoms with van der Waals surface area (Å²) in [5.41, 5.74) is 0.519. The van der Waals surface area contributed by atoms with E-state index in [-0.39, 0.29) is 12.6 Å². The Morgan fingerprint density at radius 1 is 1.55 bits per heavy atom. The normalized spacial score (nSPS) is 14.3. The summed E-state index contributed by atoms with van der Waals surface area (Å²) in [7, 11) is 0. The van der Waals surface area contributed by atoms with Gasteiger partial charge in [-0.3, -0.25) is 9.48 Å². The largest absolute Gasteiger partial charge is 0.480 e. The highest BCUT2D eigenvalue weighted by atomic mass is 16.4. The van der Waals surface area contributed by atoms with Gasteiger partial charge in [-0.15, -0.1) is 0 Å². The first-order valence-electron chi connectivity index (χ1n) is 6.77. The maximum Gasteiger partial charge on any atom is 0.325 e. The van der Waals surface area contributed by atoms with Crippen LogP contribution in [0.4, 0.5) is 10.5 Å². The zero-order chi connectivity index (χ0) is 14.7. The molecule has 7 nitrogen and oxygen atoms in total. The number of carbonyl (C=O) groups excluding carboxylic acids is 1. The van der Waals surface area contributed by atoms with Gasteiger partial charge in [0.1, 0.15) is 6.54 Å². The molecule has 0 aliphatic heterocycles. The van der Waals surface area contributed by atoms with Gasteiger partial charge in [-0.1, -0.05) is 13.8 Å². The molecule has 1 aliphatic rings. The molecule has 1 saturated carbocycles. The number of aromatic nitrogens is 2. The van der Waals surface area contributed by atoms with E-state index in [1.165, 1.54) is 17.1 Å². The Kier molecular flexibility index (Phi) is 4.26. The molecule has 1 fully saturated rings. The highest BCUT2D eigenvalue weighted by Crippen LogP contribution is 2.28. The summed E-state index contributed by atoms with van der Waals surface area (Å²) in [5, 5.41) is 15.3. The van der Waals surface area contributed by atoms with E-state index in [0.717, 1.165) is 19.4 Å². The number of anilines is 1. The number of carbonyl (C=O) groups is 2. The van der Waals surface area contributed by atoms with Crippen molar-refractivity contribution in [3.8, 4) is 0 Å². The van der Waals surface area contributed by atoms with Crippen LogP contribution >= 0.6 is 0 Å². The van der Waals surface area contributed by atoms with E-state index < -0.39 is 5.97 Å².